The van der Waals surface area contributed by atoms with Gasteiger partial charge in [-0.05, 0) is 31.4 Å². The molecule has 1 aromatic rings. The number of aliphatic hydroxyl groups is 1. The van der Waals surface area contributed by atoms with Crippen molar-refractivity contribution in [2.24, 2.45) is 5.92 Å². The van der Waals surface area contributed by atoms with Crippen molar-refractivity contribution in [1.82, 2.24) is 5.32 Å². The molecule has 0 atom stereocenters. The number of nitrogens with zero attached hydrogens (tertiary/aromatic N) is 1. The van der Waals surface area contributed by atoms with E-state index >= 15 is 0 Å². The fraction of sp³-hybridized carbons (Fsp3) is 0.545. The number of nitriles is 1. The van der Waals surface area contributed by atoms with E-state index in [9.17, 15) is 0 Å². The third-order valence-corrected chi connectivity index (χ3v) is 3.66. The quantitative estimate of drug-likeness (QED) is 0.811. The molecule has 15 heavy (non-hydrogen) atoms. The Morgan fingerprint density at radius 3 is 3.00 bits per heavy atom. The van der Waals surface area contributed by atoms with Crippen LogP contribution in [0.25, 0.3) is 0 Å². The molecule has 2 rings (SSSR count). The van der Waals surface area contributed by atoms with Gasteiger partial charge in [0.1, 0.15) is 6.07 Å². The summed E-state index contributed by atoms with van der Waals surface area (Å²) < 4.78 is 0. The van der Waals surface area contributed by atoms with Gasteiger partial charge in [-0.25, -0.2) is 0 Å². The fourth-order valence-corrected chi connectivity index (χ4v) is 2.58. The Hall–Kier alpha value is -0.890. The molecule has 0 aliphatic heterocycles. The first-order valence-corrected chi connectivity index (χ1v) is 6.02. The predicted octanol–water partition coefficient (Wildman–Crippen LogP) is 1.48. The summed E-state index contributed by atoms with van der Waals surface area (Å²) >= 11 is 1.62. The summed E-state index contributed by atoms with van der Waals surface area (Å²) in [6.07, 6.45) is 1.80. The summed E-state index contributed by atoms with van der Waals surface area (Å²) in [5, 5.41) is 23.0. The molecule has 1 fully saturated rings. The Balaban J connectivity index is 1.68. The number of aliphatic hydroxyl groups excluding tert-OH is 1. The van der Waals surface area contributed by atoms with Crippen molar-refractivity contribution in [1.29, 1.82) is 5.26 Å². The smallest absolute Gasteiger partial charge is 0.100 e. The lowest BCUT2D eigenvalue weighted by molar-refractivity contribution is 0.0430. The Morgan fingerprint density at radius 1 is 1.60 bits per heavy atom. The number of hydrogen-bond donors (Lipinski definition) is 2. The van der Waals surface area contributed by atoms with Gasteiger partial charge in [-0.1, -0.05) is 0 Å². The Labute approximate surface area is 93.4 Å². The summed E-state index contributed by atoms with van der Waals surface area (Å²) in [5.74, 6) is 0.635. The second kappa shape index (κ2) is 4.75. The first-order chi connectivity index (χ1) is 7.28. The van der Waals surface area contributed by atoms with Gasteiger partial charge in [0.05, 0.1) is 11.7 Å². The average molecular weight is 222 g/mol. The highest BCUT2D eigenvalue weighted by atomic mass is 32.1. The topological polar surface area (TPSA) is 56.0 Å². The van der Waals surface area contributed by atoms with E-state index < -0.39 is 0 Å². The summed E-state index contributed by atoms with van der Waals surface area (Å²) in [6, 6.07) is 4.05. The molecule has 0 bridgehead atoms. The Kier molecular flexibility index (Phi) is 3.37. The maximum absolute atomic E-state index is 9.11. The number of rotatable bonds is 4. The lowest BCUT2D eigenvalue weighted by Gasteiger charge is -2.31. The molecule has 1 aliphatic rings. The molecule has 0 amide bonds. The van der Waals surface area contributed by atoms with E-state index in [1.807, 2.05) is 11.4 Å². The SMILES string of the molecule is N#Cc1csc(CNCC2CC(O)C2)c1. The van der Waals surface area contributed by atoms with Crippen LogP contribution in [0.1, 0.15) is 23.3 Å². The van der Waals surface area contributed by atoms with Crippen molar-refractivity contribution in [3.8, 4) is 6.07 Å². The standard InChI is InChI=1S/C11H14N2OS/c12-4-9-3-11(15-7-9)6-13-5-8-1-10(14)2-8/h3,7-8,10,13-14H,1-2,5-6H2. The molecule has 0 radical (unpaired) electrons. The molecule has 1 aromatic heterocycles. The molecular weight excluding hydrogens is 208 g/mol. The van der Waals surface area contributed by atoms with E-state index in [2.05, 4.69) is 11.4 Å². The third kappa shape index (κ3) is 2.78. The second-order valence-corrected chi connectivity index (χ2v) is 5.03. The van der Waals surface area contributed by atoms with Crippen LogP contribution in [-0.4, -0.2) is 17.8 Å². The van der Waals surface area contributed by atoms with Crippen LogP contribution >= 0.6 is 11.3 Å². The molecule has 2 N–H and O–H groups in total. The Morgan fingerprint density at radius 2 is 2.40 bits per heavy atom. The Bertz CT molecular complexity index is 363. The monoisotopic (exact) mass is 222 g/mol. The van der Waals surface area contributed by atoms with Gasteiger partial charge in [0.25, 0.3) is 0 Å². The van der Waals surface area contributed by atoms with Crippen LogP contribution in [0.4, 0.5) is 0 Å². The van der Waals surface area contributed by atoms with Crippen molar-refractivity contribution in [2.45, 2.75) is 25.5 Å². The van der Waals surface area contributed by atoms with Crippen molar-refractivity contribution >= 4 is 11.3 Å². The lowest BCUT2D eigenvalue weighted by atomic mass is 9.82. The second-order valence-electron chi connectivity index (χ2n) is 4.04. The van der Waals surface area contributed by atoms with E-state index in [0.29, 0.717) is 5.92 Å². The van der Waals surface area contributed by atoms with Crippen LogP contribution in [0.5, 0.6) is 0 Å². The highest BCUT2D eigenvalue weighted by Gasteiger charge is 2.26. The van der Waals surface area contributed by atoms with E-state index in [1.165, 1.54) is 4.88 Å². The molecule has 1 saturated carbocycles. The van der Waals surface area contributed by atoms with Crippen LogP contribution in [-0.2, 0) is 6.54 Å². The summed E-state index contributed by atoms with van der Waals surface area (Å²) in [4.78, 5) is 1.20. The highest BCUT2D eigenvalue weighted by Crippen LogP contribution is 2.26. The first-order valence-electron chi connectivity index (χ1n) is 5.14. The van der Waals surface area contributed by atoms with Gasteiger partial charge in [0.15, 0.2) is 0 Å². The molecule has 0 aromatic carbocycles. The largest absolute Gasteiger partial charge is 0.393 e. The van der Waals surface area contributed by atoms with Gasteiger partial charge in [0, 0.05) is 16.8 Å². The summed E-state index contributed by atoms with van der Waals surface area (Å²) in [7, 11) is 0. The zero-order valence-electron chi connectivity index (χ0n) is 8.44. The van der Waals surface area contributed by atoms with Gasteiger partial charge in [0.2, 0.25) is 0 Å². The van der Waals surface area contributed by atoms with Crippen molar-refractivity contribution in [3.05, 3.63) is 21.9 Å². The van der Waals surface area contributed by atoms with Crippen molar-refractivity contribution in [3.63, 3.8) is 0 Å². The van der Waals surface area contributed by atoms with Crippen molar-refractivity contribution < 1.29 is 5.11 Å². The van der Waals surface area contributed by atoms with E-state index in [0.717, 1.165) is 31.5 Å². The highest BCUT2D eigenvalue weighted by molar-refractivity contribution is 7.10. The van der Waals surface area contributed by atoms with E-state index in [1.54, 1.807) is 11.3 Å². The van der Waals surface area contributed by atoms with Crippen LogP contribution < -0.4 is 5.32 Å². The average Bonchev–Trinajstić information content (AvgIpc) is 2.63. The molecule has 4 heteroatoms. The van der Waals surface area contributed by atoms with Gasteiger partial charge in [-0.2, -0.15) is 5.26 Å². The van der Waals surface area contributed by atoms with Gasteiger partial charge in [-0.15, -0.1) is 11.3 Å². The summed E-state index contributed by atoms with van der Waals surface area (Å²) in [6.45, 7) is 1.80. The minimum Gasteiger partial charge on any atom is -0.393 e. The molecule has 0 spiro atoms. The maximum Gasteiger partial charge on any atom is 0.100 e. The molecule has 0 saturated heterocycles. The number of nitrogens with one attached hydrogen (secondary N) is 1. The maximum atomic E-state index is 9.11. The van der Waals surface area contributed by atoms with Crippen molar-refractivity contribution in [2.75, 3.05) is 6.54 Å². The van der Waals surface area contributed by atoms with Gasteiger partial charge in [-0.3, -0.25) is 0 Å². The van der Waals surface area contributed by atoms with Crippen LogP contribution in [0.15, 0.2) is 11.4 Å². The minimum absolute atomic E-state index is 0.0660. The molecular formula is C11H14N2OS. The van der Waals surface area contributed by atoms with Crippen LogP contribution in [0.2, 0.25) is 0 Å². The number of thiophene rings is 1. The number of hydrogen-bond acceptors (Lipinski definition) is 4. The first kappa shape index (κ1) is 10.6. The zero-order valence-corrected chi connectivity index (χ0v) is 9.26. The summed E-state index contributed by atoms with van der Waals surface area (Å²) in [5.41, 5.74) is 0.746. The van der Waals surface area contributed by atoms with Gasteiger partial charge < -0.3 is 10.4 Å². The third-order valence-electron chi connectivity index (χ3n) is 2.73. The zero-order chi connectivity index (χ0) is 10.7. The van der Waals surface area contributed by atoms with Gasteiger partial charge >= 0.3 is 0 Å². The molecule has 80 valence electrons. The molecule has 1 heterocycles. The predicted molar refractivity (Wildman–Crippen MR) is 59.5 cm³/mol. The van der Waals surface area contributed by atoms with Crippen LogP contribution in [0.3, 0.4) is 0 Å². The normalized spacial score (nSPS) is 24.5. The lowest BCUT2D eigenvalue weighted by Crippen LogP contribution is -2.35. The van der Waals surface area contributed by atoms with Crippen LogP contribution in [0, 0.1) is 17.2 Å². The molecule has 3 nitrogen and oxygen atoms in total. The minimum atomic E-state index is -0.0660. The van der Waals surface area contributed by atoms with E-state index in [4.69, 9.17) is 10.4 Å². The van der Waals surface area contributed by atoms with E-state index in [-0.39, 0.29) is 6.10 Å². The molecule has 0 unspecified atom stereocenters. The fourth-order valence-electron chi connectivity index (χ4n) is 1.80. The molecule has 1 aliphatic carbocycles.